The summed E-state index contributed by atoms with van der Waals surface area (Å²) in [6.45, 7) is 21.5. The zero-order chi connectivity index (χ0) is 28.7. The maximum Gasteiger partial charge on any atom is 0.178 e. The Hall–Kier alpha value is -1.46. The molecule has 0 heterocycles. The monoisotopic (exact) mass is 539 g/mol. The van der Waals surface area contributed by atoms with Crippen LogP contribution in [0.1, 0.15) is 107 Å². The molecule has 0 aromatic rings. The molecule has 5 heteroatoms. The second-order valence-electron chi connectivity index (χ2n) is 15.7. The number of Topliss-reactive ketones (excluding diaryl/α,β-unsaturated/α-hetero) is 1. The summed E-state index contributed by atoms with van der Waals surface area (Å²) in [4.78, 5) is 27.4. The highest BCUT2D eigenvalue weighted by molar-refractivity contribution is 7.64. The fourth-order valence-corrected chi connectivity index (χ4v) is 11.1. The van der Waals surface area contributed by atoms with Crippen LogP contribution in [0, 0.1) is 50.2 Å². The Balaban J connectivity index is 1.82. The van der Waals surface area contributed by atoms with E-state index in [9.17, 15) is 19.4 Å². The molecular formula is C33H50NO3P. The van der Waals surface area contributed by atoms with E-state index in [1.165, 1.54) is 0 Å². The number of fused-ring (bicyclic) bond motifs is 5. The summed E-state index contributed by atoms with van der Waals surface area (Å²) in [7, 11) is -2.48. The normalized spacial score (nSPS) is 40.8. The van der Waals surface area contributed by atoms with E-state index in [0.717, 1.165) is 50.5 Å². The number of nitrogens with zero attached hydrogens (tertiary/aromatic N) is 1. The third-order valence-corrected chi connectivity index (χ3v) is 15.7. The minimum Gasteiger partial charge on any atom is -0.324 e. The van der Waals surface area contributed by atoms with Crippen LogP contribution in [0.5, 0.6) is 0 Å². The number of hydrogen-bond donors (Lipinski definition) is 0. The number of rotatable bonds is 5. The molecule has 0 aliphatic heterocycles. The number of carbonyl (C=O) groups is 2. The molecule has 4 aliphatic rings. The van der Waals surface area contributed by atoms with Gasteiger partial charge in [-0.15, -0.1) is 0 Å². The van der Waals surface area contributed by atoms with E-state index in [4.69, 9.17) is 0 Å². The van der Waals surface area contributed by atoms with Crippen molar-refractivity contribution in [2.75, 3.05) is 13.3 Å². The third kappa shape index (κ3) is 3.92. The maximum absolute atomic E-state index is 14.2. The molecule has 2 saturated carbocycles. The molecule has 0 aromatic heterocycles. The molecule has 0 saturated heterocycles. The topological polar surface area (TPSA) is 75.0 Å². The zero-order valence-electron chi connectivity index (χ0n) is 25.6. The van der Waals surface area contributed by atoms with Gasteiger partial charge in [-0.25, -0.2) is 0 Å². The maximum atomic E-state index is 14.2. The number of allylic oxidation sites excluding steroid dienone is 4. The zero-order valence-corrected chi connectivity index (χ0v) is 26.5. The van der Waals surface area contributed by atoms with Gasteiger partial charge in [0.25, 0.3) is 0 Å². The molecule has 6 atom stereocenters. The number of carbonyl (C=O) groups excluding carboxylic acids is 2. The second-order valence-corrected chi connectivity index (χ2v) is 19.3. The van der Waals surface area contributed by atoms with Crippen molar-refractivity contribution in [1.29, 1.82) is 5.26 Å². The minimum atomic E-state index is -2.48. The third-order valence-electron chi connectivity index (χ3n) is 12.8. The summed E-state index contributed by atoms with van der Waals surface area (Å²) in [6, 6.07) is 2.18. The SMILES string of the molecule is CCC(C)(C)CC[C@]1(P(C)(C)=O)CC[C@]2(C)[C@@H](C1)C(=O)C=C1[C@@]3(C)C=C(C#N)C(=O)C(C)(C)[C@@H]3CC[C@]12C. The quantitative estimate of drug-likeness (QED) is 0.329. The molecule has 2 fully saturated rings. The Morgan fingerprint density at radius 3 is 2.26 bits per heavy atom. The lowest BCUT2D eigenvalue weighted by Crippen LogP contribution is -2.62. The van der Waals surface area contributed by atoms with Crippen LogP contribution in [-0.4, -0.2) is 30.1 Å². The van der Waals surface area contributed by atoms with Crippen LogP contribution in [0.3, 0.4) is 0 Å². The summed E-state index contributed by atoms with van der Waals surface area (Å²) in [5.41, 5.74) is -0.0715. The minimum absolute atomic E-state index is 0.0531. The highest BCUT2D eigenvalue weighted by atomic mass is 31.2. The van der Waals surface area contributed by atoms with Gasteiger partial charge in [0, 0.05) is 21.9 Å². The summed E-state index contributed by atoms with van der Waals surface area (Å²) >= 11 is 0. The first kappa shape index (κ1) is 29.5. The molecular weight excluding hydrogens is 489 g/mol. The summed E-state index contributed by atoms with van der Waals surface area (Å²) in [5, 5.41) is 9.56. The number of ketones is 2. The van der Waals surface area contributed by atoms with Crippen LogP contribution in [0.15, 0.2) is 23.3 Å². The summed E-state index contributed by atoms with van der Waals surface area (Å²) < 4.78 is 14.0. The molecule has 38 heavy (non-hydrogen) atoms. The Morgan fingerprint density at radius 2 is 1.71 bits per heavy atom. The second kappa shape index (κ2) is 8.77. The van der Waals surface area contributed by atoms with E-state index in [0.29, 0.717) is 6.42 Å². The molecule has 0 unspecified atom stereocenters. The van der Waals surface area contributed by atoms with Crippen LogP contribution in [0.25, 0.3) is 0 Å². The van der Waals surface area contributed by atoms with E-state index >= 15 is 0 Å². The van der Waals surface area contributed by atoms with Gasteiger partial charge >= 0.3 is 0 Å². The molecule has 4 nitrogen and oxygen atoms in total. The van der Waals surface area contributed by atoms with E-state index in [-0.39, 0.29) is 50.4 Å². The highest BCUT2D eigenvalue weighted by Gasteiger charge is 2.67. The Bertz CT molecular complexity index is 1210. The molecule has 0 N–H and O–H groups in total. The van der Waals surface area contributed by atoms with E-state index < -0.39 is 18.0 Å². The molecule has 0 aromatic carbocycles. The van der Waals surface area contributed by atoms with E-state index in [1.54, 1.807) is 0 Å². The first-order chi connectivity index (χ1) is 17.2. The largest absolute Gasteiger partial charge is 0.324 e. The van der Waals surface area contributed by atoms with Gasteiger partial charge in [-0.3, -0.25) is 9.59 Å². The van der Waals surface area contributed by atoms with Gasteiger partial charge in [-0.1, -0.05) is 73.5 Å². The number of nitriles is 1. The lowest BCUT2D eigenvalue weighted by atomic mass is 9.37. The van der Waals surface area contributed by atoms with Gasteiger partial charge in [0.1, 0.15) is 6.07 Å². The molecule has 4 rings (SSSR count). The van der Waals surface area contributed by atoms with Crippen molar-refractivity contribution in [1.82, 2.24) is 0 Å². The van der Waals surface area contributed by atoms with Gasteiger partial charge < -0.3 is 4.57 Å². The predicted molar refractivity (Wildman–Crippen MR) is 155 cm³/mol. The van der Waals surface area contributed by atoms with Crippen LogP contribution in [0.2, 0.25) is 0 Å². The van der Waals surface area contributed by atoms with Crippen molar-refractivity contribution >= 4 is 18.7 Å². The lowest BCUT2D eigenvalue weighted by Gasteiger charge is -2.66. The summed E-state index contributed by atoms with van der Waals surface area (Å²) in [5.74, 6) is -0.00848. The van der Waals surface area contributed by atoms with Gasteiger partial charge in [0.05, 0.1) is 12.7 Å². The van der Waals surface area contributed by atoms with Crippen molar-refractivity contribution in [3.8, 4) is 6.07 Å². The van der Waals surface area contributed by atoms with Crippen LogP contribution >= 0.6 is 7.14 Å². The smallest absolute Gasteiger partial charge is 0.178 e. The summed E-state index contributed by atoms with van der Waals surface area (Å²) in [6.07, 6.45) is 11.1. The Morgan fingerprint density at radius 1 is 1.08 bits per heavy atom. The van der Waals surface area contributed by atoms with Crippen LogP contribution < -0.4 is 0 Å². The van der Waals surface area contributed by atoms with Gasteiger partial charge in [-0.05, 0) is 86.5 Å². The fraction of sp³-hybridized carbons (Fsp3) is 0.788. The molecule has 0 amide bonds. The average molecular weight is 540 g/mol. The average Bonchev–Trinajstić information content (AvgIpc) is 2.82. The number of hydrogen-bond acceptors (Lipinski definition) is 4. The standard InChI is InChI=1S/C33H50NO3P/c1-11-28(2,3)14-16-33(38(9,10)37)17-15-31(7)23(20-33)24(35)18-26-30(6)19-22(21-34)27(36)29(4,5)25(30)12-13-32(26,31)8/h18-19,23,25H,11-17,20H2,1-10H3/t23-,25-,30-,31+,32+,33-/m0/s1. The van der Waals surface area contributed by atoms with Crippen molar-refractivity contribution in [3.05, 3.63) is 23.3 Å². The first-order valence-electron chi connectivity index (χ1n) is 14.7. The van der Waals surface area contributed by atoms with E-state index in [2.05, 4.69) is 47.6 Å². The Labute approximate surface area is 231 Å². The first-order valence-corrected chi connectivity index (χ1v) is 17.3. The van der Waals surface area contributed by atoms with Crippen molar-refractivity contribution in [2.45, 2.75) is 112 Å². The molecule has 0 bridgehead atoms. The van der Waals surface area contributed by atoms with E-state index in [1.807, 2.05) is 39.3 Å². The fourth-order valence-electron chi connectivity index (χ4n) is 9.23. The van der Waals surface area contributed by atoms with Gasteiger partial charge in [0.2, 0.25) is 0 Å². The lowest BCUT2D eigenvalue weighted by molar-refractivity contribution is -0.141. The molecule has 210 valence electrons. The Kier molecular flexibility index (Phi) is 6.81. The van der Waals surface area contributed by atoms with Crippen LogP contribution in [0.4, 0.5) is 0 Å². The highest BCUT2D eigenvalue weighted by Crippen LogP contribution is 2.74. The van der Waals surface area contributed by atoms with Crippen molar-refractivity contribution in [3.63, 3.8) is 0 Å². The predicted octanol–water partition coefficient (Wildman–Crippen LogP) is 8.36. The van der Waals surface area contributed by atoms with Crippen LogP contribution in [-0.2, 0) is 14.2 Å². The van der Waals surface area contributed by atoms with Gasteiger partial charge in [0.15, 0.2) is 11.6 Å². The molecule has 0 radical (unpaired) electrons. The molecule has 0 spiro atoms. The van der Waals surface area contributed by atoms with Crippen molar-refractivity contribution in [2.24, 2.45) is 38.9 Å². The van der Waals surface area contributed by atoms with Crippen molar-refractivity contribution < 1.29 is 14.2 Å². The van der Waals surface area contributed by atoms with Gasteiger partial charge in [-0.2, -0.15) is 5.26 Å². The molecule has 4 aliphatic carbocycles.